The third-order valence-electron chi connectivity index (χ3n) is 2.88. The maximum absolute atomic E-state index is 5.74. The normalized spacial score (nSPS) is 49.6. The van der Waals surface area contributed by atoms with Crippen molar-refractivity contribution in [1.29, 1.82) is 0 Å². The Morgan fingerprint density at radius 2 is 2.20 bits per heavy atom. The summed E-state index contributed by atoms with van der Waals surface area (Å²) in [5, 5.41) is 3.74. The molecule has 0 unspecified atom stereocenters. The van der Waals surface area contributed by atoms with Crippen LogP contribution in [0, 0.1) is 0 Å². The highest BCUT2D eigenvalue weighted by Gasteiger charge is 2.57. The van der Waals surface area contributed by atoms with Crippen LogP contribution in [-0.2, 0) is 18.9 Å². The molecule has 0 aromatic carbocycles. The SMILES string of the molecule is CC1(C)O[C@@H]2[C@@H]3OC[C@@H](O3)/C(=N\N)[C@@H]2O1. The van der Waals surface area contributed by atoms with Gasteiger partial charge in [0, 0.05) is 0 Å². The van der Waals surface area contributed by atoms with Gasteiger partial charge in [-0.1, -0.05) is 0 Å². The molecule has 6 heteroatoms. The van der Waals surface area contributed by atoms with Crippen molar-refractivity contribution in [3.05, 3.63) is 0 Å². The van der Waals surface area contributed by atoms with Gasteiger partial charge in [0.05, 0.1) is 6.61 Å². The molecule has 0 aromatic rings. The maximum Gasteiger partial charge on any atom is 0.187 e. The molecule has 0 saturated carbocycles. The first-order chi connectivity index (χ1) is 7.11. The lowest BCUT2D eigenvalue weighted by Gasteiger charge is -2.28. The van der Waals surface area contributed by atoms with E-state index in [-0.39, 0.29) is 24.6 Å². The van der Waals surface area contributed by atoms with Gasteiger partial charge in [0.15, 0.2) is 12.1 Å². The highest BCUT2D eigenvalue weighted by Crippen LogP contribution is 2.38. The highest BCUT2D eigenvalue weighted by atomic mass is 16.8. The summed E-state index contributed by atoms with van der Waals surface area (Å²) in [6, 6.07) is 0. The minimum absolute atomic E-state index is 0.182. The third kappa shape index (κ3) is 1.29. The number of rotatable bonds is 0. The highest BCUT2D eigenvalue weighted by molar-refractivity contribution is 5.94. The Hall–Kier alpha value is -0.690. The molecule has 2 bridgehead atoms. The van der Waals surface area contributed by atoms with E-state index in [0.717, 1.165) is 0 Å². The predicted molar refractivity (Wildman–Crippen MR) is 50.1 cm³/mol. The van der Waals surface area contributed by atoms with Crippen LogP contribution in [0.15, 0.2) is 5.10 Å². The number of fused-ring (bicyclic) bond motifs is 4. The molecule has 0 spiro atoms. The fourth-order valence-electron chi connectivity index (χ4n) is 2.31. The molecule has 3 fully saturated rings. The smallest absolute Gasteiger partial charge is 0.187 e. The molecular formula is C9H14N2O4. The van der Waals surface area contributed by atoms with Gasteiger partial charge in [0.1, 0.15) is 24.0 Å². The zero-order valence-corrected chi connectivity index (χ0v) is 8.67. The lowest BCUT2D eigenvalue weighted by atomic mass is 10.0. The number of nitrogens with two attached hydrogens (primary N) is 1. The predicted octanol–water partition coefficient (Wildman–Crippen LogP) is -0.424. The van der Waals surface area contributed by atoms with Crippen LogP contribution >= 0.6 is 0 Å². The monoisotopic (exact) mass is 214 g/mol. The molecule has 4 atom stereocenters. The topological polar surface area (TPSA) is 75.3 Å². The second-order valence-corrected chi connectivity index (χ2v) is 4.40. The van der Waals surface area contributed by atoms with Crippen LogP contribution in [0.25, 0.3) is 0 Å². The van der Waals surface area contributed by atoms with Crippen LogP contribution in [0.5, 0.6) is 0 Å². The van der Waals surface area contributed by atoms with Crippen molar-refractivity contribution >= 4 is 5.71 Å². The minimum atomic E-state index is -0.636. The summed E-state index contributed by atoms with van der Waals surface area (Å²) in [7, 11) is 0. The van der Waals surface area contributed by atoms with Crippen molar-refractivity contribution in [3.8, 4) is 0 Å². The fraction of sp³-hybridized carbons (Fsp3) is 0.889. The fourth-order valence-corrected chi connectivity index (χ4v) is 2.31. The van der Waals surface area contributed by atoms with Crippen molar-refractivity contribution in [2.75, 3.05) is 6.61 Å². The largest absolute Gasteiger partial charge is 0.347 e. The standard InChI is InChI=1S/C9H14N2O4/c1-9(2)14-6-5(11-10)4-3-12-8(13-4)7(6)15-9/h4,6-8H,3,10H2,1-2H3/b11-5+/t4-,6+,7+,8-/m1/s1. The van der Waals surface area contributed by atoms with Gasteiger partial charge in [0.2, 0.25) is 0 Å². The van der Waals surface area contributed by atoms with Gasteiger partial charge in [-0.3, -0.25) is 0 Å². The van der Waals surface area contributed by atoms with Crippen molar-refractivity contribution < 1.29 is 18.9 Å². The van der Waals surface area contributed by atoms with Crippen LogP contribution in [-0.4, -0.2) is 42.7 Å². The molecule has 0 aromatic heterocycles. The lowest BCUT2D eigenvalue weighted by Crippen LogP contribution is -2.49. The molecule has 3 rings (SSSR count). The summed E-state index contributed by atoms with van der Waals surface area (Å²) in [4.78, 5) is 0. The van der Waals surface area contributed by atoms with Crippen molar-refractivity contribution in [3.63, 3.8) is 0 Å². The molecule has 0 aliphatic carbocycles. The van der Waals surface area contributed by atoms with Gasteiger partial charge in [0.25, 0.3) is 0 Å². The first-order valence-corrected chi connectivity index (χ1v) is 5.01. The first-order valence-electron chi connectivity index (χ1n) is 5.01. The molecule has 3 heterocycles. The summed E-state index contributed by atoms with van der Waals surface area (Å²) in [6.07, 6.45) is -1.04. The Bertz CT molecular complexity index is 317. The Balaban J connectivity index is 1.95. The van der Waals surface area contributed by atoms with E-state index in [4.69, 9.17) is 24.8 Å². The Labute approximate surface area is 87.3 Å². The minimum Gasteiger partial charge on any atom is -0.347 e. The van der Waals surface area contributed by atoms with E-state index in [1.807, 2.05) is 13.8 Å². The molecule has 3 aliphatic rings. The molecule has 0 radical (unpaired) electrons. The molecule has 6 nitrogen and oxygen atoms in total. The molecule has 3 saturated heterocycles. The van der Waals surface area contributed by atoms with E-state index in [0.29, 0.717) is 12.3 Å². The van der Waals surface area contributed by atoms with Crippen LogP contribution in [0.3, 0.4) is 0 Å². The van der Waals surface area contributed by atoms with Gasteiger partial charge in [-0.2, -0.15) is 5.10 Å². The van der Waals surface area contributed by atoms with Crippen molar-refractivity contribution in [2.45, 2.75) is 44.2 Å². The van der Waals surface area contributed by atoms with Gasteiger partial charge in [-0.15, -0.1) is 0 Å². The number of ether oxygens (including phenoxy) is 4. The van der Waals surface area contributed by atoms with E-state index in [9.17, 15) is 0 Å². The molecule has 84 valence electrons. The summed E-state index contributed by atoms with van der Waals surface area (Å²) in [5.74, 6) is 4.71. The van der Waals surface area contributed by atoms with Gasteiger partial charge >= 0.3 is 0 Å². The van der Waals surface area contributed by atoms with Crippen molar-refractivity contribution in [1.82, 2.24) is 0 Å². The molecular weight excluding hydrogens is 200 g/mol. The average molecular weight is 214 g/mol. The Kier molecular flexibility index (Phi) is 1.85. The second-order valence-electron chi connectivity index (χ2n) is 4.40. The first kappa shape index (κ1) is 9.53. The summed E-state index contributed by atoms with van der Waals surface area (Å²) >= 11 is 0. The van der Waals surface area contributed by atoms with E-state index in [1.54, 1.807) is 0 Å². The van der Waals surface area contributed by atoms with Gasteiger partial charge in [-0.25, -0.2) is 0 Å². The third-order valence-corrected chi connectivity index (χ3v) is 2.88. The van der Waals surface area contributed by atoms with E-state index >= 15 is 0 Å². The molecule has 15 heavy (non-hydrogen) atoms. The van der Waals surface area contributed by atoms with Crippen molar-refractivity contribution in [2.24, 2.45) is 10.9 Å². The number of hydrogen-bond acceptors (Lipinski definition) is 6. The number of hydrogen-bond donors (Lipinski definition) is 1. The maximum atomic E-state index is 5.74. The zero-order valence-electron chi connectivity index (χ0n) is 8.67. The number of hydrazone groups is 1. The van der Waals surface area contributed by atoms with Gasteiger partial charge in [-0.05, 0) is 13.8 Å². The summed E-state index contributed by atoms with van der Waals surface area (Å²) < 4.78 is 22.5. The van der Waals surface area contributed by atoms with Crippen LogP contribution in [0.2, 0.25) is 0 Å². The molecule has 2 N–H and O–H groups in total. The molecule has 3 aliphatic heterocycles. The van der Waals surface area contributed by atoms with E-state index in [1.165, 1.54) is 0 Å². The van der Waals surface area contributed by atoms with Crippen LogP contribution in [0.4, 0.5) is 0 Å². The van der Waals surface area contributed by atoms with Crippen LogP contribution < -0.4 is 5.84 Å². The lowest BCUT2D eigenvalue weighted by molar-refractivity contribution is -0.183. The quantitative estimate of drug-likeness (QED) is 0.437. The Morgan fingerprint density at radius 1 is 1.40 bits per heavy atom. The van der Waals surface area contributed by atoms with E-state index < -0.39 is 5.79 Å². The Morgan fingerprint density at radius 3 is 2.93 bits per heavy atom. The van der Waals surface area contributed by atoms with E-state index in [2.05, 4.69) is 5.10 Å². The zero-order chi connectivity index (χ0) is 10.6. The molecule has 0 amide bonds. The van der Waals surface area contributed by atoms with Gasteiger partial charge < -0.3 is 24.8 Å². The summed E-state index contributed by atoms with van der Waals surface area (Å²) in [5.41, 5.74) is 0.680. The van der Waals surface area contributed by atoms with Crippen LogP contribution in [0.1, 0.15) is 13.8 Å². The number of nitrogens with zero attached hydrogens (tertiary/aromatic N) is 1. The second kappa shape index (κ2) is 2.91. The summed E-state index contributed by atoms with van der Waals surface area (Å²) in [6.45, 7) is 4.18. The average Bonchev–Trinajstić information content (AvgIpc) is 2.70.